The summed E-state index contributed by atoms with van der Waals surface area (Å²) in [5.74, 6) is -3.98. The number of hydrogen-bond donors (Lipinski definition) is 10. The summed E-state index contributed by atoms with van der Waals surface area (Å²) < 4.78 is 0. The zero-order valence-electron chi connectivity index (χ0n) is 19.3. The normalized spacial score (nSPS) is 15.2. The van der Waals surface area contributed by atoms with Gasteiger partial charge in [-0.3, -0.25) is 19.4 Å². The number of amides is 3. The maximum absolute atomic E-state index is 12.8. The third-order valence-electron chi connectivity index (χ3n) is 4.74. The molecule has 14 N–H and O–H groups in total. The van der Waals surface area contributed by atoms with E-state index >= 15 is 0 Å². The summed E-state index contributed by atoms with van der Waals surface area (Å²) in [4.78, 5) is 52.6. The summed E-state index contributed by atoms with van der Waals surface area (Å²) in [7, 11) is 0. The Morgan fingerprint density at radius 2 is 1.53 bits per heavy atom. The van der Waals surface area contributed by atoms with Crippen molar-refractivity contribution in [2.45, 2.75) is 69.3 Å². The largest absolute Gasteiger partial charge is 0.480 e. The van der Waals surface area contributed by atoms with Gasteiger partial charge in [0.25, 0.3) is 0 Å². The first-order valence-corrected chi connectivity index (χ1v) is 10.9. The highest BCUT2D eigenvalue weighted by atomic mass is 16.4. The number of nitrogens with zero attached hydrogens (tertiary/aromatic N) is 1. The van der Waals surface area contributed by atoms with Crippen LogP contribution >= 0.6 is 0 Å². The van der Waals surface area contributed by atoms with Crippen LogP contribution in [0.5, 0.6) is 0 Å². The molecule has 34 heavy (non-hydrogen) atoms. The molecule has 0 aromatic heterocycles. The average Bonchev–Trinajstić information content (AvgIpc) is 2.76. The van der Waals surface area contributed by atoms with Crippen LogP contribution < -0.4 is 38.9 Å². The number of carbonyl (C=O) groups is 4. The highest BCUT2D eigenvalue weighted by molar-refractivity contribution is 5.94. The second-order valence-corrected chi connectivity index (χ2v) is 7.71. The van der Waals surface area contributed by atoms with Gasteiger partial charge in [0.05, 0.1) is 18.8 Å². The topological polar surface area (TPSA) is 282 Å². The number of aliphatic carboxylic acids is 1. The zero-order chi connectivity index (χ0) is 26.3. The number of nitrogens with one attached hydrogen (secondary N) is 3. The lowest BCUT2D eigenvalue weighted by molar-refractivity contribution is -0.143. The number of aliphatic imine (C=N–C) groups is 1. The van der Waals surface area contributed by atoms with E-state index in [1.54, 1.807) is 0 Å². The van der Waals surface area contributed by atoms with Gasteiger partial charge < -0.3 is 54.2 Å². The van der Waals surface area contributed by atoms with Crippen molar-refractivity contribution in [3.63, 3.8) is 0 Å². The summed E-state index contributed by atoms with van der Waals surface area (Å²) in [6.45, 7) is 1.01. The molecule has 196 valence electrons. The first kappa shape index (κ1) is 31.0. The minimum Gasteiger partial charge on any atom is -0.480 e. The molecule has 0 saturated carbocycles. The van der Waals surface area contributed by atoms with E-state index in [0.717, 1.165) is 0 Å². The van der Waals surface area contributed by atoms with Gasteiger partial charge >= 0.3 is 5.97 Å². The van der Waals surface area contributed by atoms with Crippen molar-refractivity contribution in [3.05, 3.63) is 0 Å². The molecule has 0 aromatic rings. The SMILES string of the molecule is CC(O)C(NC(=O)C(N)CCCN=C(N)N)C(=O)NC(CCCCN)C(=O)NC(CO)C(=O)O. The minimum absolute atomic E-state index is 0.0948. The molecule has 0 spiro atoms. The van der Waals surface area contributed by atoms with Crippen LogP contribution in [0.15, 0.2) is 4.99 Å². The molecule has 5 unspecified atom stereocenters. The Bertz CT molecular complexity index is 700. The second kappa shape index (κ2) is 16.6. The third kappa shape index (κ3) is 12.3. The lowest BCUT2D eigenvalue weighted by atomic mass is 10.1. The molecule has 15 nitrogen and oxygen atoms in total. The van der Waals surface area contributed by atoms with Gasteiger partial charge in [-0.1, -0.05) is 0 Å². The number of aliphatic hydroxyl groups is 2. The summed E-state index contributed by atoms with van der Waals surface area (Å²) in [6, 6.07) is -5.20. The van der Waals surface area contributed by atoms with Crippen LogP contribution in [0.3, 0.4) is 0 Å². The van der Waals surface area contributed by atoms with Crippen LogP contribution in [0.25, 0.3) is 0 Å². The first-order valence-electron chi connectivity index (χ1n) is 10.9. The molecule has 0 bridgehead atoms. The minimum atomic E-state index is -1.56. The van der Waals surface area contributed by atoms with Crippen LogP contribution in [0.2, 0.25) is 0 Å². The number of carboxylic acids is 1. The van der Waals surface area contributed by atoms with E-state index in [4.69, 9.17) is 33.1 Å². The van der Waals surface area contributed by atoms with Gasteiger partial charge in [-0.2, -0.15) is 0 Å². The van der Waals surface area contributed by atoms with E-state index in [9.17, 15) is 24.3 Å². The number of carboxylic acid groups (broad SMARTS) is 1. The lowest BCUT2D eigenvalue weighted by Crippen LogP contribution is -2.60. The van der Waals surface area contributed by atoms with Crippen LogP contribution in [0, 0.1) is 0 Å². The van der Waals surface area contributed by atoms with Gasteiger partial charge in [0.15, 0.2) is 5.96 Å². The van der Waals surface area contributed by atoms with Crippen LogP contribution in [0.1, 0.15) is 39.0 Å². The Kier molecular flexibility index (Phi) is 15.1. The Hall–Kier alpha value is -3.01. The number of hydrogen-bond acceptors (Lipinski definition) is 9. The molecule has 0 radical (unpaired) electrons. The fourth-order valence-electron chi connectivity index (χ4n) is 2.80. The van der Waals surface area contributed by atoms with Crippen LogP contribution in [-0.2, 0) is 19.2 Å². The standard InChI is InChI=1S/C19H38N8O7/c1-10(29)14(27-15(30)11(21)5-4-8-24-19(22)23)17(32)25-12(6-2-3-7-20)16(31)26-13(9-28)18(33)34/h10-14,28-29H,2-9,20-21H2,1H3,(H,25,32)(H,26,31)(H,27,30)(H,33,34)(H4,22,23,24). The number of rotatable bonds is 17. The van der Waals surface area contributed by atoms with Crippen molar-refractivity contribution in [1.29, 1.82) is 0 Å². The van der Waals surface area contributed by atoms with E-state index < -0.39 is 60.6 Å². The lowest BCUT2D eigenvalue weighted by Gasteiger charge is -2.26. The summed E-state index contributed by atoms with van der Waals surface area (Å²) >= 11 is 0. The van der Waals surface area contributed by atoms with Crippen molar-refractivity contribution in [1.82, 2.24) is 16.0 Å². The number of aliphatic hydroxyl groups excluding tert-OH is 2. The number of nitrogens with two attached hydrogens (primary N) is 4. The van der Waals surface area contributed by atoms with Crippen LogP contribution in [-0.4, -0.2) is 94.9 Å². The van der Waals surface area contributed by atoms with Gasteiger partial charge in [0.2, 0.25) is 17.7 Å². The molecule has 3 amide bonds. The number of carbonyl (C=O) groups excluding carboxylic acids is 3. The molecule has 0 heterocycles. The van der Waals surface area contributed by atoms with E-state index in [1.165, 1.54) is 6.92 Å². The molecule has 0 aliphatic carbocycles. The predicted molar refractivity (Wildman–Crippen MR) is 123 cm³/mol. The predicted octanol–water partition coefficient (Wildman–Crippen LogP) is -4.59. The van der Waals surface area contributed by atoms with E-state index in [1.807, 2.05) is 0 Å². The monoisotopic (exact) mass is 490 g/mol. The molecule has 0 aromatic carbocycles. The zero-order valence-corrected chi connectivity index (χ0v) is 19.3. The Morgan fingerprint density at radius 3 is 2.03 bits per heavy atom. The molecular weight excluding hydrogens is 452 g/mol. The first-order chi connectivity index (χ1) is 15.9. The molecule has 0 rings (SSSR count). The average molecular weight is 491 g/mol. The van der Waals surface area contributed by atoms with Crippen molar-refractivity contribution in [3.8, 4) is 0 Å². The van der Waals surface area contributed by atoms with Gasteiger partial charge in [-0.05, 0) is 45.6 Å². The quantitative estimate of drug-likeness (QED) is 0.0525. The smallest absolute Gasteiger partial charge is 0.328 e. The Morgan fingerprint density at radius 1 is 0.912 bits per heavy atom. The highest BCUT2D eigenvalue weighted by Gasteiger charge is 2.32. The van der Waals surface area contributed by atoms with Crippen molar-refractivity contribution in [2.24, 2.45) is 27.9 Å². The number of unbranched alkanes of at least 4 members (excludes halogenated alkanes) is 1. The summed E-state index contributed by atoms with van der Waals surface area (Å²) in [5.41, 5.74) is 21.7. The molecule has 0 aliphatic heterocycles. The van der Waals surface area contributed by atoms with Crippen LogP contribution in [0.4, 0.5) is 0 Å². The molecule has 15 heteroatoms. The Labute approximate surface area is 197 Å². The van der Waals surface area contributed by atoms with Crippen molar-refractivity contribution in [2.75, 3.05) is 19.7 Å². The van der Waals surface area contributed by atoms with Crippen molar-refractivity contribution < 1.29 is 34.5 Å². The fraction of sp³-hybridized carbons (Fsp3) is 0.737. The van der Waals surface area contributed by atoms with Gasteiger partial charge in [0, 0.05) is 6.54 Å². The van der Waals surface area contributed by atoms with E-state index in [-0.39, 0.29) is 25.3 Å². The summed E-state index contributed by atoms with van der Waals surface area (Å²) in [5, 5.41) is 35.1. The number of guanidine groups is 1. The van der Waals surface area contributed by atoms with E-state index in [2.05, 4.69) is 20.9 Å². The summed E-state index contributed by atoms with van der Waals surface area (Å²) in [6.07, 6.45) is 0.341. The van der Waals surface area contributed by atoms with Gasteiger partial charge in [-0.15, -0.1) is 0 Å². The molecule has 5 atom stereocenters. The second-order valence-electron chi connectivity index (χ2n) is 7.71. The maximum Gasteiger partial charge on any atom is 0.328 e. The van der Waals surface area contributed by atoms with Gasteiger partial charge in [0.1, 0.15) is 18.1 Å². The molecular formula is C19H38N8O7. The fourth-order valence-corrected chi connectivity index (χ4v) is 2.80. The van der Waals surface area contributed by atoms with E-state index in [0.29, 0.717) is 25.8 Å². The highest BCUT2D eigenvalue weighted by Crippen LogP contribution is 2.05. The van der Waals surface area contributed by atoms with Crippen molar-refractivity contribution >= 4 is 29.7 Å². The molecule has 0 aliphatic rings. The molecule has 0 fully saturated rings. The Balaban J connectivity index is 5.23. The maximum atomic E-state index is 12.8. The van der Waals surface area contributed by atoms with Gasteiger partial charge in [-0.25, -0.2) is 4.79 Å². The third-order valence-corrected chi connectivity index (χ3v) is 4.74. The molecule has 0 saturated heterocycles.